The molecule has 1 fully saturated rings. The monoisotopic (exact) mass is 392 g/mol. The van der Waals surface area contributed by atoms with Gasteiger partial charge in [-0.15, -0.1) is 0 Å². The van der Waals surface area contributed by atoms with Gasteiger partial charge in [-0.2, -0.15) is 0 Å². The zero-order chi connectivity index (χ0) is 20.2. The highest BCUT2D eigenvalue weighted by Crippen LogP contribution is 2.20. The predicted octanol–water partition coefficient (Wildman–Crippen LogP) is 2.87. The van der Waals surface area contributed by atoms with Gasteiger partial charge in [0.25, 0.3) is 0 Å². The summed E-state index contributed by atoms with van der Waals surface area (Å²) in [4.78, 5) is 13.1. The molecule has 158 valence electrons. The van der Waals surface area contributed by atoms with Crippen LogP contribution in [0.1, 0.15) is 45.4 Å². The molecular formula is C21H37FN6. The fourth-order valence-corrected chi connectivity index (χ4v) is 3.45. The molecule has 0 spiro atoms. The summed E-state index contributed by atoms with van der Waals surface area (Å²) < 4.78 is 13.9. The molecule has 0 amide bonds. The average molecular weight is 393 g/mol. The highest BCUT2D eigenvalue weighted by Gasteiger charge is 2.25. The summed E-state index contributed by atoms with van der Waals surface area (Å²) >= 11 is 0. The first-order valence-electron chi connectivity index (χ1n) is 10.6. The third-order valence-corrected chi connectivity index (χ3v) is 4.95. The number of nitrogens with one attached hydrogen (secondary N) is 2. The van der Waals surface area contributed by atoms with E-state index in [9.17, 15) is 4.39 Å². The second-order valence-electron chi connectivity index (χ2n) is 7.72. The lowest BCUT2D eigenvalue weighted by Gasteiger charge is -2.20. The van der Waals surface area contributed by atoms with E-state index >= 15 is 0 Å². The first-order chi connectivity index (χ1) is 13.6. The molecule has 2 rings (SSSR count). The van der Waals surface area contributed by atoms with Crippen molar-refractivity contribution in [3.63, 3.8) is 0 Å². The third-order valence-electron chi connectivity index (χ3n) is 4.95. The van der Waals surface area contributed by atoms with Gasteiger partial charge in [-0.05, 0) is 59.0 Å². The number of hydrogen-bond acceptors (Lipinski definition) is 4. The molecule has 1 aromatic heterocycles. The second kappa shape index (κ2) is 12.5. The van der Waals surface area contributed by atoms with Crippen LogP contribution < -0.4 is 15.5 Å². The van der Waals surface area contributed by atoms with Crippen LogP contribution in [0.3, 0.4) is 0 Å². The lowest BCUT2D eigenvalue weighted by atomic mass is 10.1. The predicted molar refractivity (Wildman–Crippen MR) is 116 cm³/mol. The molecule has 0 bridgehead atoms. The summed E-state index contributed by atoms with van der Waals surface area (Å²) in [5.41, 5.74) is 0. The Kier molecular flexibility index (Phi) is 10.0. The summed E-state index contributed by atoms with van der Waals surface area (Å²) in [6.07, 6.45) is 8.79. The van der Waals surface area contributed by atoms with Crippen molar-refractivity contribution in [2.45, 2.75) is 51.5 Å². The Morgan fingerprint density at radius 2 is 2.07 bits per heavy atom. The Labute approximate surface area is 169 Å². The number of pyridine rings is 1. The van der Waals surface area contributed by atoms with Gasteiger partial charge in [-0.25, -0.2) is 9.37 Å². The van der Waals surface area contributed by atoms with Crippen molar-refractivity contribution in [3.05, 3.63) is 24.1 Å². The van der Waals surface area contributed by atoms with Crippen molar-refractivity contribution in [2.24, 2.45) is 4.99 Å². The van der Waals surface area contributed by atoms with E-state index in [-0.39, 0.29) is 11.9 Å². The highest BCUT2D eigenvalue weighted by atomic mass is 19.1. The van der Waals surface area contributed by atoms with Crippen molar-refractivity contribution in [1.29, 1.82) is 0 Å². The SMILES string of the molecule is CCNC(=NCCCCCCCN(C)C)NC1CCN(c2ncccc2F)C1. The van der Waals surface area contributed by atoms with Crippen molar-refractivity contribution in [1.82, 2.24) is 20.5 Å². The maximum absolute atomic E-state index is 13.9. The maximum Gasteiger partial charge on any atom is 0.191 e. The maximum atomic E-state index is 13.9. The quantitative estimate of drug-likeness (QED) is 0.345. The lowest BCUT2D eigenvalue weighted by Crippen LogP contribution is -2.44. The Balaban J connectivity index is 1.70. The van der Waals surface area contributed by atoms with Gasteiger partial charge in [0.1, 0.15) is 0 Å². The number of guanidine groups is 1. The molecule has 7 heteroatoms. The molecule has 1 unspecified atom stereocenters. The molecule has 1 saturated heterocycles. The Hall–Kier alpha value is -1.89. The molecule has 28 heavy (non-hydrogen) atoms. The van der Waals surface area contributed by atoms with Crippen molar-refractivity contribution >= 4 is 11.8 Å². The number of unbranched alkanes of at least 4 members (excludes halogenated alkanes) is 4. The number of anilines is 1. The second-order valence-corrected chi connectivity index (χ2v) is 7.72. The lowest BCUT2D eigenvalue weighted by molar-refractivity contribution is 0.390. The van der Waals surface area contributed by atoms with Crippen molar-refractivity contribution in [3.8, 4) is 0 Å². The molecule has 0 aliphatic carbocycles. The fraction of sp³-hybridized carbons (Fsp3) is 0.714. The molecule has 2 N–H and O–H groups in total. The minimum Gasteiger partial charge on any atom is -0.357 e. The van der Waals surface area contributed by atoms with Crippen LogP contribution in [0, 0.1) is 5.82 Å². The molecule has 2 heterocycles. The largest absolute Gasteiger partial charge is 0.357 e. The molecular weight excluding hydrogens is 355 g/mol. The van der Waals surface area contributed by atoms with Crippen LogP contribution in [0.4, 0.5) is 10.2 Å². The van der Waals surface area contributed by atoms with Crippen LogP contribution in [0.25, 0.3) is 0 Å². The van der Waals surface area contributed by atoms with Gasteiger partial charge in [0.05, 0.1) is 0 Å². The third kappa shape index (κ3) is 8.00. The zero-order valence-electron chi connectivity index (χ0n) is 17.8. The van der Waals surface area contributed by atoms with Crippen LogP contribution >= 0.6 is 0 Å². The van der Waals surface area contributed by atoms with Gasteiger partial charge < -0.3 is 20.4 Å². The van der Waals surface area contributed by atoms with Gasteiger partial charge in [-0.1, -0.05) is 19.3 Å². The van der Waals surface area contributed by atoms with E-state index in [4.69, 9.17) is 4.99 Å². The van der Waals surface area contributed by atoms with Crippen molar-refractivity contribution in [2.75, 3.05) is 51.7 Å². The first-order valence-corrected chi connectivity index (χ1v) is 10.6. The summed E-state index contributed by atoms with van der Waals surface area (Å²) in [5.74, 6) is 1.06. The van der Waals surface area contributed by atoms with E-state index in [1.54, 1.807) is 12.3 Å². The van der Waals surface area contributed by atoms with Crippen LogP contribution in [0.5, 0.6) is 0 Å². The molecule has 0 saturated carbocycles. The number of rotatable bonds is 11. The molecule has 1 aliphatic heterocycles. The van der Waals surface area contributed by atoms with E-state index in [2.05, 4.69) is 41.5 Å². The fourth-order valence-electron chi connectivity index (χ4n) is 3.45. The van der Waals surface area contributed by atoms with Gasteiger partial charge in [0.2, 0.25) is 0 Å². The van der Waals surface area contributed by atoms with Crippen LogP contribution in [-0.4, -0.2) is 68.7 Å². The molecule has 6 nitrogen and oxygen atoms in total. The molecule has 1 aromatic rings. The number of nitrogens with zero attached hydrogens (tertiary/aromatic N) is 4. The summed E-state index contributed by atoms with van der Waals surface area (Å²) in [7, 11) is 4.25. The van der Waals surface area contributed by atoms with Crippen LogP contribution in [0.2, 0.25) is 0 Å². The zero-order valence-corrected chi connectivity index (χ0v) is 17.8. The first kappa shape index (κ1) is 22.4. The van der Waals surface area contributed by atoms with E-state index in [0.717, 1.165) is 45.0 Å². The summed E-state index contributed by atoms with van der Waals surface area (Å²) in [5, 5.41) is 6.83. The van der Waals surface area contributed by atoms with Gasteiger partial charge in [-0.3, -0.25) is 4.99 Å². The van der Waals surface area contributed by atoms with Gasteiger partial charge in [0, 0.05) is 38.4 Å². The van der Waals surface area contributed by atoms with Crippen molar-refractivity contribution < 1.29 is 4.39 Å². The number of aliphatic imine (C=N–C) groups is 1. The standard InChI is InChI=1S/C21H37FN6/c1-4-23-21(25-13-8-6-5-7-9-15-27(2)3)26-18-12-16-28(17-18)20-19(22)11-10-14-24-20/h10-11,14,18H,4-9,12-13,15-17H2,1-3H3,(H2,23,25,26). The minimum absolute atomic E-state index is 0.255. The summed E-state index contributed by atoms with van der Waals surface area (Å²) in [6.45, 7) is 6.47. The number of aromatic nitrogens is 1. The van der Waals surface area contributed by atoms with Crippen LogP contribution in [0.15, 0.2) is 23.3 Å². The molecule has 1 aliphatic rings. The molecule has 1 atom stereocenters. The Morgan fingerprint density at radius 1 is 1.29 bits per heavy atom. The van der Waals surface area contributed by atoms with Gasteiger partial charge in [0.15, 0.2) is 17.6 Å². The molecule has 0 aromatic carbocycles. The highest BCUT2D eigenvalue weighted by molar-refractivity contribution is 5.80. The Morgan fingerprint density at radius 3 is 2.82 bits per heavy atom. The topological polar surface area (TPSA) is 55.8 Å². The van der Waals surface area contributed by atoms with E-state index in [1.807, 2.05) is 4.90 Å². The number of hydrogen-bond donors (Lipinski definition) is 2. The average Bonchev–Trinajstić information content (AvgIpc) is 3.12. The van der Waals surface area contributed by atoms with E-state index in [1.165, 1.54) is 38.3 Å². The summed E-state index contributed by atoms with van der Waals surface area (Å²) in [6, 6.07) is 3.35. The minimum atomic E-state index is -0.255. The normalized spacial score (nSPS) is 17.4. The van der Waals surface area contributed by atoms with E-state index < -0.39 is 0 Å². The number of halogens is 1. The molecule has 0 radical (unpaired) electrons. The Bertz CT molecular complexity index is 592. The smallest absolute Gasteiger partial charge is 0.191 e. The van der Waals surface area contributed by atoms with E-state index in [0.29, 0.717) is 5.82 Å². The van der Waals surface area contributed by atoms with Crippen LogP contribution in [-0.2, 0) is 0 Å². The van der Waals surface area contributed by atoms with Gasteiger partial charge >= 0.3 is 0 Å².